The first-order valence-electron chi connectivity index (χ1n) is 9.12. The average molecular weight is 377 g/mol. The van der Waals surface area contributed by atoms with E-state index >= 15 is 0 Å². The van der Waals surface area contributed by atoms with Gasteiger partial charge in [0.25, 0.3) is 5.91 Å². The maximum absolute atomic E-state index is 12.1. The highest BCUT2D eigenvalue weighted by Crippen LogP contribution is 2.21. The van der Waals surface area contributed by atoms with Gasteiger partial charge in [0, 0.05) is 18.4 Å². The highest BCUT2D eigenvalue weighted by molar-refractivity contribution is 5.84. The lowest BCUT2D eigenvalue weighted by atomic mass is 9.96. The molecule has 1 rings (SSSR count). The predicted molar refractivity (Wildman–Crippen MR) is 104 cm³/mol. The van der Waals surface area contributed by atoms with Crippen LogP contribution in [0.25, 0.3) is 0 Å². The Morgan fingerprint density at radius 3 is 2.41 bits per heavy atom. The van der Waals surface area contributed by atoms with Gasteiger partial charge in [-0.1, -0.05) is 32.9 Å². The molecule has 7 heteroatoms. The molecule has 0 fully saturated rings. The van der Waals surface area contributed by atoms with Crippen molar-refractivity contribution in [3.63, 3.8) is 0 Å². The van der Waals surface area contributed by atoms with Crippen LogP contribution in [0.5, 0.6) is 5.75 Å². The van der Waals surface area contributed by atoms with E-state index in [0.717, 1.165) is 11.1 Å². The molecule has 1 aromatic carbocycles. The van der Waals surface area contributed by atoms with Crippen LogP contribution in [0.4, 0.5) is 0 Å². The van der Waals surface area contributed by atoms with Gasteiger partial charge in [0.15, 0.2) is 6.10 Å². The van der Waals surface area contributed by atoms with Crippen LogP contribution in [0.15, 0.2) is 18.2 Å². The van der Waals surface area contributed by atoms with Gasteiger partial charge in [0.1, 0.15) is 5.75 Å². The fourth-order valence-corrected chi connectivity index (χ4v) is 2.11. The van der Waals surface area contributed by atoms with Crippen LogP contribution in [-0.4, -0.2) is 30.4 Å². The molecule has 0 aliphatic carbocycles. The zero-order valence-electron chi connectivity index (χ0n) is 17.1. The second-order valence-corrected chi connectivity index (χ2v) is 7.61. The Kier molecular flexibility index (Phi) is 8.28. The van der Waals surface area contributed by atoms with Gasteiger partial charge in [0.2, 0.25) is 11.8 Å². The van der Waals surface area contributed by atoms with Crippen LogP contribution in [0, 0.1) is 19.3 Å². The zero-order valence-corrected chi connectivity index (χ0v) is 17.1. The number of carbonyl (C=O) groups excluding carboxylic acids is 3. The Morgan fingerprint density at radius 1 is 1.11 bits per heavy atom. The Bertz CT molecular complexity index is 680. The summed E-state index contributed by atoms with van der Waals surface area (Å²) in [4.78, 5) is 35.6. The number of rotatable bonds is 7. The van der Waals surface area contributed by atoms with Crippen LogP contribution < -0.4 is 20.9 Å². The molecule has 3 amide bonds. The molecular weight excluding hydrogens is 346 g/mol. The van der Waals surface area contributed by atoms with E-state index in [4.69, 9.17) is 4.74 Å². The molecular formula is C20H31N3O4. The maximum Gasteiger partial charge on any atom is 0.279 e. The third kappa shape index (κ3) is 7.68. The van der Waals surface area contributed by atoms with Gasteiger partial charge in [-0.2, -0.15) is 0 Å². The molecule has 0 aliphatic rings. The number of nitrogens with one attached hydrogen (secondary N) is 3. The molecule has 0 radical (unpaired) electrons. The van der Waals surface area contributed by atoms with Crippen LogP contribution in [-0.2, 0) is 14.4 Å². The van der Waals surface area contributed by atoms with Crippen molar-refractivity contribution in [3.05, 3.63) is 29.3 Å². The first kappa shape index (κ1) is 22.5. The molecule has 1 unspecified atom stereocenters. The van der Waals surface area contributed by atoms with E-state index in [0.29, 0.717) is 18.7 Å². The van der Waals surface area contributed by atoms with Crippen LogP contribution >= 0.6 is 0 Å². The third-order valence-corrected chi connectivity index (χ3v) is 4.10. The summed E-state index contributed by atoms with van der Waals surface area (Å²) in [6.07, 6.45) is -0.0773. The molecule has 0 spiro atoms. The quantitative estimate of drug-likeness (QED) is 0.501. The van der Waals surface area contributed by atoms with Crippen molar-refractivity contribution < 1.29 is 19.1 Å². The van der Waals surface area contributed by atoms with Gasteiger partial charge in [-0.15, -0.1) is 0 Å². The summed E-state index contributed by atoms with van der Waals surface area (Å²) in [7, 11) is 0. The van der Waals surface area contributed by atoms with Crippen LogP contribution in [0.3, 0.4) is 0 Å². The average Bonchev–Trinajstić information content (AvgIpc) is 2.59. The van der Waals surface area contributed by atoms with Crippen molar-refractivity contribution in [1.82, 2.24) is 16.2 Å². The molecule has 27 heavy (non-hydrogen) atoms. The van der Waals surface area contributed by atoms with Gasteiger partial charge < -0.3 is 10.1 Å². The molecule has 0 saturated carbocycles. The second-order valence-electron chi connectivity index (χ2n) is 7.61. The molecule has 1 aromatic rings. The van der Waals surface area contributed by atoms with E-state index in [2.05, 4.69) is 16.2 Å². The number of carbonyl (C=O) groups is 3. The first-order chi connectivity index (χ1) is 12.5. The van der Waals surface area contributed by atoms with Gasteiger partial charge >= 0.3 is 0 Å². The van der Waals surface area contributed by atoms with E-state index in [9.17, 15) is 14.4 Å². The molecule has 0 aromatic heterocycles. The summed E-state index contributed by atoms with van der Waals surface area (Å²) in [6.45, 7) is 11.4. The fraction of sp³-hybridized carbons (Fsp3) is 0.550. The van der Waals surface area contributed by atoms with Gasteiger partial charge in [-0.3, -0.25) is 25.2 Å². The highest BCUT2D eigenvalue weighted by atomic mass is 16.5. The Morgan fingerprint density at radius 2 is 1.78 bits per heavy atom. The standard InChI is InChI=1S/C20H31N3O4/c1-13-9-7-10-16(14(13)2)27-15(3)18(25)23-22-17(24)11-8-12-21-19(26)20(4,5)6/h7,9-10,15H,8,11-12H2,1-6H3,(H,21,26)(H,22,24)(H,23,25). The van der Waals surface area contributed by atoms with E-state index in [1.165, 1.54) is 0 Å². The SMILES string of the molecule is Cc1cccc(OC(C)C(=O)NNC(=O)CCCNC(=O)C(C)(C)C)c1C. The smallest absolute Gasteiger partial charge is 0.279 e. The zero-order chi connectivity index (χ0) is 20.6. The number of hydrogen-bond donors (Lipinski definition) is 3. The summed E-state index contributed by atoms with van der Waals surface area (Å²) in [5, 5.41) is 2.77. The van der Waals surface area contributed by atoms with E-state index in [-0.39, 0.29) is 18.2 Å². The molecule has 0 heterocycles. The minimum Gasteiger partial charge on any atom is -0.481 e. The van der Waals surface area contributed by atoms with Gasteiger partial charge in [-0.25, -0.2) is 0 Å². The molecule has 7 nitrogen and oxygen atoms in total. The molecule has 0 saturated heterocycles. The van der Waals surface area contributed by atoms with Crippen molar-refractivity contribution in [2.45, 2.75) is 60.5 Å². The molecule has 0 bridgehead atoms. The normalized spacial score (nSPS) is 12.1. The van der Waals surface area contributed by atoms with Crippen molar-refractivity contribution in [2.24, 2.45) is 5.41 Å². The molecule has 150 valence electrons. The lowest BCUT2D eigenvalue weighted by molar-refractivity contribution is -0.132. The summed E-state index contributed by atoms with van der Waals surface area (Å²) >= 11 is 0. The molecule has 3 N–H and O–H groups in total. The largest absolute Gasteiger partial charge is 0.481 e. The highest BCUT2D eigenvalue weighted by Gasteiger charge is 2.20. The minimum atomic E-state index is -0.753. The summed E-state index contributed by atoms with van der Waals surface area (Å²) in [5.74, 6) is -0.190. The number of amides is 3. The van der Waals surface area contributed by atoms with Crippen LogP contribution in [0.2, 0.25) is 0 Å². The van der Waals surface area contributed by atoms with Gasteiger partial charge in [-0.05, 0) is 44.4 Å². The van der Waals surface area contributed by atoms with Crippen molar-refractivity contribution >= 4 is 17.7 Å². The van der Waals surface area contributed by atoms with Crippen molar-refractivity contribution in [3.8, 4) is 5.75 Å². The fourth-order valence-electron chi connectivity index (χ4n) is 2.11. The van der Waals surface area contributed by atoms with Gasteiger partial charge in [0.05, 0.1) is 0 Å². The van der Waals surface area contributed by atoms with E-state index in [1.807, 2.05) is 46.8 Å². The number of benzene rings is 1. The Hall–Kier alpha value is -2.57. The lowest BCUT2D eigenvalue weighted by Gasteiger charge is -2.18. The topological polar surface area (TPSA) is 96.5 Å². The number of aryl methyl sites for hydroxylation is 1. The van der Waals surface area contributed by atoms with E-state index in [1.54, 1.807) is 13.0 Å². The second kappa shape index (κ2) is 9.94. The van der Waals surface area contributed by atoms with Crippen molar-refractivity contribution in [1.29, 1.82) is 0 Å². The van der Waals surface area contributed by atoms with Crippen molar-refractivity contribution in [2.75, 3.05) is 6.54 Å². The minimum absolute atomic E-state index is 0.0615. The predicted octanol–water partition coefficient (Wildman–Crippen LogP) is 2.16. The van der Waals surface area contributed by atoms with Crippen LogP contribution in [0.1, 0.15) is 51.7 Å². The Labute approximate surface area is 161 Å². The summed E-state index contributed by atoms with van der Waals surface area (Å²) < 4.78 is 5.67. The first-order valence-corrected chi connectivity index (χ1v) is 9.12. The third-order valence-electron chi connectivity index (χ3n) is 4.10. The number of ether oxygens (including phenoxy) is 1. The monoisotopic (exact) mass is 377 g/mol. The summed E-state index contributed by atoms with van der Waals surface area (Å²) in [6, 6.07) is 5.64. The molecule has 1 atom stereocenters. The number of hydrogen-bond acceptors (Lipinski definition) is 4. The van der Waals surface area contributed by atoms with E-state index < -0.39 is 17.4 Å². The number of hydrazine groups is 1. The summed E-state index contributed by atoms with van der Waals surface area (Å²) in [5.41, 5.74) is 6.31. The lowest BCUT2D eigenvalue weighted by Crippen LogP contribution is -2.47. The Balaban J connectivity index is 2.31. The molecule has 0 aliphatic heterocycles. The maximum atomic E-state index is 12.1.